The van der Waals surface area contributed by atoms with Gasteiger partial charge in [0.05, 0.1) is 5.56 Å². The minimum absolute atomic E-state index is 0.0243. The maximum atomic E-state index is 12.7. The number of H-pyrrole nitrogens is 1. The third-order valence-electron chi connectivity index (χ3n) is 4.58. The molecule has 2 rings (SSSR count). The Balaban J connectivity index is 2.74. The van der Waals surface area contributed by atoms with E-state index in [0.29, 0.717) is 22.6 Å². The number of fused-ring (bicyclic) bond motifs is 1. The molecule has 0 spiro atoms. The summed E-state index contributed by atoms with van der Waals surface area (Å²) in [6.07, 6.45) is 2.88. The van der Waals surface area contributed by atoms with Crippen molar-refractivity contribution in [2.24, 2.45) is 11.8 Å². The zero-order valence-corrected chi connectivity index (χ0v) is 15.6. The summed E-state index contributed by atoms with van der Waals surface area (Å²) in [5.41, 5.74) is 9.62. The molecule has 0 aliphatic heterocycles. The summed E-state index contributed by atoms with van der Waals surface area (Å²) in [4.78, 5) is 51.6. The van der Waals surface area contributed by atoms with Crippen LogP contribution in [-0.2, 0) is 4.79 Å². The molecule has 0 radical (unpaired) electrons. The van der Waals surface area contributed by atoms with Crippen molar-refractivity contribution in [2.45, 2.75) is 47.1 Å². The molecular formula is C19H23N3O4. The fourth-order valence-electron chi connectivity index (χ4n) is 3.56. The number of nitrogens with zero attached hydrogens (tertiary/aromatic N) is 1. The molecule has 7 nitrogen and oxygen atoms in total. The second-order valence-corrected chi connectivity index (χ2v) is 7.28. The molecule has 1 aliphatic rings. The Morgan fingerprint density at radius 3 is 2.35 bits per heavy atom. The van der Waals surface area contributed by atoms with Crippen LogP contribution in [-0.4, -0.2) is 28.4 Å². The van der Waals surface area contributed by atoms with Gasteiger partial charge in [-0.25, -0.2) is 0 Å². The van der Waals surface area contributed by atoms with Crippen LogP contribution in [0.5, 0.6) is 0 Å². The van der Waals surface area contributed by atoms with Crippen molar-refractivity contribution in [3.8, 4) is 0 Å². The minimum Gasteiger partial charge on any atom is -0.508 e. The molecule has 1 heterocycles. The Bertz CT molecular complexity index is 893. The maximum Gasteiger partial charge on any atom is 0.279 e. The Morgan fingerprint density at radius 1 is 1.19 bits per heavy atom. The number of Topliss-reactive ketones (excluding diaryl/α,β-unsaturated/α-hetero) is 3. The van der Waals surface area contributed by atoms with E-state index in [-0.39, 0.29) is 17.2 Å². The van der Waals surface area contributed by atoms with E-state index in [1.54, 1.807) is 19.0 Å². The molecule has 2 N–H and O–H groups in total. The average molecular weight is 357 g/mol. The molecule has 26 heavy (non-hydrogen) atoms. The molecule has 7 heteroatoms. The number of pyridine rings is 1. The first kappa shape index (κ1) is 19.6. The van der Waals surface area contributed by atoms with Gasteiger partial charge in [0.15, 0.2) is 0 Å². The molecule has 138 valence electrons. The van der Waals surface area contributed by atoms with Crippen molar-refractivity contribution in [1.82, 2.24) is 4.98 Å². The molecule has 1 aliphatic carbocycles. The van der Waals surface area contributed by atoms with Crippen molar-refractivity contribution < 1.29 is 19.5 Å². The van der Waals surface area contributed by atoms with Gasteiger partial charge in [0.2, 0.25) is 5.78 Å². The summed E-state index contributed by atoms with van der Waals surface area (Å²) in [5, 5.41) is 1.61. The first-order chi connectivity index (χ1) is 12.1. The first-order valence-corrected chi connectivity index (χ1v) is 8.58. The summed E-state index contributed by atoms with van der Waals surface area (Å²) in [7, 11) is 0. The van der Waals surface area contributed by atoms with Gasteiger partial charge >= 0.3 is 0 Å². The Hall–Kier alpha value is -2.70. The number of rotatable bonds is 5. The van der Waals surface area contributed by atoms with Gasteiger partial charge in [-0.2, -0.15) is 0 Å². The highest BCUT2D eigenvalue weighted by Gasteiger charge is 2.45. The average Bonchev–Trinajstić information content (AvgIpc) is 2.54. The number of hydrogen-bond donors (Lipinski definition) is 2. The van der Waals surface area contributed by atoms with Gasteiger partial charge in [-0.1, -0.05) is 26.8 Å². The van der Waals surface area contributed by atoms with E-state index in [2.05, 4.69) is 18.8 Å². The highest BCUT2D eigenvalue weighted by Crippen LogP contribution is 2.29. The second-order valence-electron chi connectivity index (χ2n) is 7.28. The molecule has 0 fully saturated rings. The summed E-state index contributed by atoms with van der Waals surface area (Å²) in [6.45, 7) is 9.58. The van der Waals surface area contributed by atoms with Crippen molar-refractivity contribution in [3.05, 3.63) is 44.3 Å². The van der Waals surface area contributed by atoms with Gasteiger partial charge in [0.1, 0.15) is 5.69 Å². The van der Waals surface area contributed by atoms with Crippen LogP contribution < -0.4 is 10.7 Å². The number of hydrogen-bond acceptors (Lipinski definition) is 4. The number of aromatic nitrogens is 1. The minimum atomic E-state index is -1.65. The predicted molar refractivity (Wildman–Crippen MR) is 95.8 cm³/mol. The van der Waals surface area contributed by atoms with Crippen molar-refractivity contribution in [3.63, 3.8) is 0 Å². The third kappa shape index (κ3) is 3.34. The number of aromatic amines is 1. The quantitative estimate of drug-likeness (QED) is 0.467. The van der Waals surface area contributed by atoms with E-state index >= 15 is 0 Å². The van der Waals surface area contributed by atoms with Crippen LogP contribution in [0.15, 0.2) is 10.9 Å². The lowest BCUT2D eigenvalue weighted by atomic mass is 9.82. The van der Waals surface area contributed by atoms with Gasteiger partial charge in [0, 0.05) is 5.56 Å². The second kappa shape index (κ2) is 7.27. The number of carbonyl (C=O) groups is 3. The molecule has 0 saturated carbocycles. The zero-order valence-electron chi connectivity index (χ0n) is 15.6. The lowest BCUT2D eigenvalue weighted by Crippen LogP contribution is -2.79. The Morgan fingerprint density at radius 2 is 1.81 bits per heavy atom. The number of nitrogens with one attached hydrogen (secondary N) is 2. The van der Waals surface area contributed by atoms with Crippen LogP contribution in [0.25, 0.3) is 11.1 Å². The van der Waals surface area contributed by atoms with E-state index < -0.39 is 29.0 Å². The summed E-state index contributed by atoms with van der Waals surface area (Å²) in [5.74, 6) is -2.14. The largest absolute Gasteiger partial charge is 0.508 e. The molecule has 2 unspecified atom stereocenters. The summed E-state index contributed by atoms with van der Waals surface area (Å²) >= 11 is 0. The molecule has 1 aromatic heterocycles. The fourth-order valence-corrected chi connectivity index (χ4v) is 3.56. The molecule has 0 aromatic carbocycles. The summed E-state index contributed by atoms with van der Waals surface area (Å²) in [6, 6.07) is -1.65. The molecule has 1 aromatic rings. The van der Waals surface area contributed by atoms with E-state index in [4.69, 9.17) is 5.53 Å². The topological polar surface area (TPSA) is 120 Å². The Kier molecular flexibility index (Phi) is 5.49. The van der Waals surface area contributed by atoms with Crippen molar-refractivity contribution >= 4 is 22.9 Å². The molecular weight excluding hydrogens is 334 g/mol. The summed E-state index contributed by atoms with van der Waals surface area (Å²) < 4.78 is 0. The number of ketones is 3. The van der Waals surface area contributed by atoms with Gasteiger partial charge in [-0.3, -0.25) is 19.2 Å². The molecule has 2 atom stereocenters. The lowest BCUT2D eigenvalue weighted by Gasteiger charge is -2.21. The SMILES string of the molecule is CC(=CC(C)CC(C)C)c1c2c([nH]c(=O)c1C)C(=O)C(=O)C([NH+]=[N-])C2=O. The van der Waals surface area contributed by atoms with Crippen LogP contribution in [0.3, 0.4) is 0 Å². The molecule has 0 saturated heterocycles. The van der Waals surface area contributed by atoms with E-state index in [0.717, 1.165) is 6.42 Å². The van der Waals surface area contributed by atoms with Crippen LogP contribution in [0.2, 0.25) is 0 Å². The van der Waals surface area contributed by atoms with E-state index in [9.17, 15) is 19.2 Å². The molecule has 0 amide bonds. The number of carbonyl (C=O) groups excluding carboxylic acids is 3. The van der Waals surface area contributed by atoms with Crippen LogP contribution in [0, 0.1) is 18.8 Å². The van der Waals surface area contributed by atoms with E-state index in [1.807, 2.05) is 13.0 Å². The van der Waals surface area contributed by atoms with Gasteiger partial charge in [-0.05, 0) is 43.2 Å². The van der Waals surface area contributed by atoms with Crippen LogP contribution in [0.1, 0.15) is 66.1 Å². The fraction of sp³-hybridized carbons (Fsp3) is 0.474. The lowest BCUT2D eigenvalue weighted by molar-refractivity contribution is -0.491. The third-order valence-corrected chi connectivity index (χ3v) is 4.58. The van der Waals surface area contributed by atoms with Crippen molar-refractivity contribution in [2.75, 3.05) is 0 Å². The van der Waals surface area contributed by atoms with Gasteiger partial charge in [-0.15, -0.1) is 0 Å². The van der Waals surface area contributed by atoms with Crippen LogP contribution in [0.4, 0.5) is 0 Å². The number of allylic oxidation sites excluding steroid dienone is 2. The monoisotopic (exact) mass is 357 g/mol. The normalized spacial score (nSPS) is 18.9. The highest BCUT2D eigenvalue weighted by molar-refractivity contribution is 6.52. The highest BCUT2D eigenvalue weighted by atomic mass is 16.2. The predicted octanol–water partition coefficient (Wildman–Crippen LogP) is 1.19. The maximum absolute atomic E-state index is 12.7. The van der Waals surface area contributed by atoms with Crippen LogP contribution >= 0.6 is 0 Å². The molecule has 0 bridgehead atoms. The zero-order chi connectivity index (χ0) is 19.8. The van der Waals surface area contributed by atoms with Gasteiger partial charge < -0.3 is 15.6 Å². The van der Waals surface area contributed by atoms with Crippen molar-refractivity contribution in [1.29, 1.82) is 0 Å². The van der Waals surface area contributed by atoms with E-state index in [1.165, 1.54) is 0 Å². The smallest absolute Gasteiger partial charge is 0.279 e. The first-order valence-electron chi connectivity index (χ1n) is 8.58. The van der Waals surface area contributed by atoms with Gasteiger partial charge in [0.25, 0.3) is 23.2 Å². The Labute approximate surface area is 151 Å². The standard InChI is InChI=1S/C19H23N3O4/c1-8(2)6-9(3)7-10(4)12-11(5)19(26)21-14-13(12)16(23)15(22-20)18(25)17(14)24/h7-9,15,22H,6H2,1-5H3,(H,21,26).